The van der Waals surface area contributed by atoms with Crippen LogP contribution in [0.5, 0.6) is 5.75 Å². The van der Waals surface area contributed by atoms with Crippen molar-refractivity contribution in [2.24, 2.45) is 5.92 Å². The molecule has 4 nitrogen and oxygen atoms in total. The summed E-state index contributed by atoms with van der Waals surface area (Å²) in [6, 6.07) is 3.99. The molecule has 2 aliphatic rings. The second-order valence-electron chi connectivity index (χ2n) is 5.45. The van der Waals surface area contributed by atoms with Crippen LogP contribution in [0.3, 0.4) is 0 Å². The van der Waals surface area contributed by atoms with Crippen molar-refractivity contribution < 1.29 is 14.3 Å². The number of hydrogen-bond donors (Lipinski definition) is 2. The van der Waals surface area contributed by atoms with Gasteiger partial charge in [0.15, 0.2) is 0 Å². The number of phenolic OH excluding ortho intramolecular Hbond substituents is 1. The largest absolute Gasteiger partial charge is 0.508 e. The van der Waals surface area contributed by atoms with Crippen molar-refractivity contribution in [3.8, 4) is 5.75 Å². The van der Waals surface area contributed by atoms with Gasteiger partial charge in [0.1, 0.15) is 11.6 Å². The molecule has 0 bridgehead atoms. The van der Waals surface area contributed by atoms with Crippen molar-refractivity contribution in [1.82, 2.24) is 10.2 Å². The highest BCUT2D eigenvalue weighted by Crippen LogP contribution is 2.33. The summed E-state index contributed by atoms with van der Waals surface area (Å²) in [6.07, 6.45) is 0.961. The van der Waals surface area contributed by atoms with E-state index in [2.05, 4.69) is 5.32 Å². The summed E-state index contributed by atoms with van der Waals surface area (Å²) in [7, 11) is 0. The molecule has 1 aromatic rings. The molecule has 3 unspecified atom stereocenters. The fourth-order valence-electron chi connectivity index (χ4n) is 3.33. The van der Waals surface area contributed by atoms with Crippen molar-refractivity contribution in [2.75, 3.05) is 13.1 Å². The van der Waals surface area contributed by atoms with E-state index in [1.54, 1.807) is 4.90 Å². The van der Waals surface area contributed by atoms with E-state index in [9.17, 15) is 14.3 Å². The van der Waals surface area contributed by atoms with E-state index < -0.39 is 5.82 Å². The molecular weight excluding hydrogens is 247 g/mol. The van der Waals surface area contributed by atoms with Gasteiger partial charge in [-0.15, -0.1) is 0 Å². The normalized spacial score (nSPS) is 29.6. The summed E-state index contributed by atoms with van der Waals surface area (Å²) in [5.41, 5.74) is 0.0391. The lowest BCUT2D eigenvalue weighted by Gasteiger charge is -2.27. The maximum atomic E-state index is 13.8. The lowest BCUT2D eigenvalue weighted by molar-refractivity contribution is 0.0677. The number of nitrogens with zero attached hydrogens (tertiary/aromatic N) is 1. The summed E-state index contributed by atoms with van der Waals surface area (Å²) in [6.45, 7) is 3.71. The Kier molecular flexibility index (Phi) is 2.93. The Labute approximate surface area is 111 Å². The minimum absolute atomic E-state index is 0.0391. The fourth-order valence-corrected chi connectivity index (χ4v) is 3.33. The minimum Gasteiger partial charge on any atom is -0.508 e. The van der Waals surface area contributed by atoms with E-state index in [0.29, 0.717) is 5.92 Å². The van der Waals surface area contributed by atoms with Crippen molar-refractivity contribution >= 4 is 5.91 Å². The second-order valence-corrected chi connectivity index (χ2v) is 5.45. The van der Waals surface area contributed by atoms with Gasteiger partial charge in [0.05, 0.1) is 5.56 Å². The predicted molar refractivity (Wildman–Crippen MR) is 68.5 cm³/mol. The Balaban J connectivity index is 1.90. The third kappa shape index (κ3) is 1.98. The average molecular weight is 264 g/mol. The van der Waals surface area contributed by atoms with Crippen LogP contribution >= 0.6 is 0 Å². The highest BCUT2D eigenvalue weighted by atomic mass is 19.1. The van der Waals surface area contributed by atoms with Gasteiger partial charge in [0, 0.05) is 31.2 Å². The first kappa shape index (κ1) is 12.4. The van der Waals surface area contributed by atoms with Crippen LogP contribution in [0.4, 0.5) is 4.39 Å². The summed E-state index contributed by atoms with van der Waals surface area (Å²) in [5, 5.41) is 12.5. The molecule has 5 heteroatoms. The van der Waals surface area contributed by atoms with Gasteiger partial charge in [-0.2, -0.15) is 0 Å². The number of hydrogen-bond acceptors (Lipinski definition) is 3. The number of benzene rings is 1. The van der Waals surface area contributed by atoms with Gasteiger partial charge in [0.2, 0.25) is 0 Å². The molecule has 1 aromatic carbocycles. The monoisotopic (exact) mass is 264 g/mol. The van der Waals surface area contributed by atoms with Crippen LogP contribution < -0.4 is 5.32 Å². The zero-order valence-electron chi connectivity index (χ0n) is 10.8. The van der Waals surface area contributed by atoms with Crippen LogP contribution in [0.2, 0.25) is 0 Å². The molecule has 19 heavy (non-hydrogen) atoms. The summed E-state index contributed by atoms with van der Waals surface area (Å²) in [4.78, 5) is 14.3. The van der Waals surface area contributed by atoms with Gasteiger partial charge < -0.3 is 15.3 Å². The quantitative estimate of drug-likeness (QED) is 0.805. The molecule has 2 fully saturated rings. The van der Waals surface area contributed by atoms with Crippen molar-refractivity contribution in [2.45, 2.75) is 25.4 Å². The molecule has 0 radical (unpaired) electrons. The Hall–Kier alpha value is -1.62. The molecular formula is C14H17FN2O2. The van der Waals surface area contributed by atoms with Crippen molar-refractivity contribution in [3.63, 3.8) is 0 Å². The number of halogens is 1. The summed E-state index contributed by atoms with van der Waals surface area (Å²) < 4.78 is 13.8. The first-order chi connectivity index (χ1) is 9.08. The van der Waals surface area contributed by atoms with Crippen LogP contribution in [-0.4, -0.2) is 41.1 Å². The van der Waals surface area contributed by atoms with E-state index >= 15 is 0 Å². The molecule has 2 aliphatic heterocycles. The molecule has 2 N–H and O–H groups in total. The van der Waals surface area contributed by atoms with Crippen LogP contribution in [0, 0.1) is 11.7 Å². The molecule has 3 rings (SSSR count). The first-order valence-electron chi connectivity index (χ1n) is 6.60. The van der Waals surface area contributed by atoms with E-state index in [1.165, 1.54) is 12.1 Å². The van der Waals surface area contributed by atoms with Crippen LogP contribution in [-0.2, 0) is 0 Å². The molecule has 3 atom stereocenters. The number of amides is 1. The topological polar surface area (TPSA) is 52.6 Å². The summed E-state index contributed by atoms with van der Waals surface area (Å²) in [5.74, 6) is -0.629. The molecule has 0 aromatic heterocycles. The molecule has 102 valence electrons. The Morgan fingerprint density at radius 2 is 2.26 bits per heavy atom. The van der Waals surface area contributed by atoms with Gasteiger partial charge in [-0.05, 0) is 31.4 Å². The molecule has 0 aliphatic carbocycles. The zero-order chi connectivity index (χ0) is 13.6. The second kappa shape index (κ2) is 4.49. The maximum Gasteiger partial charge on any atom is 0.257 e. The Bertz CT molecular complexity index is 520. The minimum atomic E-state index is -0.661. The predicted octanol–water partition coefficient (Wildman–Crippen LogP) is 1.35. The number of fused-ring (bicyclic) bond motifs is 1. The number of rotatable bonds is 1. The maximum absolute atomic E-state index is 13.8. The number of nitrogens with one attached hydrogen (secondary N) is 1. The van der Waals surface area contributed by atoms with Crippen molar-refractivity contribution in [3.05, 3.63) is 29.6 Å². The molecule has 2 saturated heterocycles. The number of likely N-dealkylation sites (tertiary alicyclic amines) is 1. The zero-order valence-corrected chi connectivity index (χ0v) is 10.8. The molecule has 2 heterocycles. The highest BCUT2D eigenvalue weighted by molar-refractivity contribution is 5.95. The molecule has 1 amide bonds. The highest BCUT2D eigenvalue weighted by Gasteiger charge is 2.44. The molecule has 0 saturated carbocycles. The van der Waals surface area contributed by atoms with Gasteiger partial charge >= 0.3 is 0 Å². The third-order valence-electron chi connectivity index (χ3n) is 4.20. The first-order valence-corrected chi connectivity index (χ1v) is 6.60. The third-order valence-corrected chi connectivity index (χ3v) is 4.20. The smallest absolute Gasteiger partial charge is 0.257 e. The van der Waals surface area contributed by atoms with E-state index in [0.717, 1.165) is 25.6 Å². The van der Waals surface area contributed by atoms with Gasteiger partial charge in [-0.1, -0.05) is 0 Å². The molecule has 0 spiro atoms. The lowest BCUT2D eigenvalue weighted by Crippen LogP contribution is -2.43. The Morgan fingerprint density at radius 3 is 3.00 bits per heavy atom. The van der Waals surface area contributed by atoms with E-state index in [1.807, 2.05) is 6.92 Å². The number of carbonyl (C=O) groups excluding carboxylic acids is 1. The average Bonchev–Trinajstić information content (AvgIpc) is 2.87. The number of phenols is 1. The lowest BCUT2D eigenvalue weighted by atomic mass is 10.0. The van der Waals surface area contributed by atoms with Crippen LogP contribution in [0.25, 0.3) is 0 Å². The van der Waals surface area contributed by atoms with Crippen molar-refractivity contribution in [1.29, 1.82) is 0 Å². The number of aromatic hydroxyl groups is 1. The summed E-state index contributed by atoms with van der Waals surface area (Å²) >= 11 is 0. The van der Waals surface area contributed by atoms with E-state index in [-0.39, 0.29) is 29.3 Å². The van der Waals surface area contributed by atoms with Crippen LogP contribution in [0.15, 0.2) is 18.2 Å². The fraction of sp³-hybridized carbons (Fsp3) is 0.500. The van der Waals surface area contributed by atoms with Gasteiger partial charge in [-0.25, -0.2) is 4.39 Å². The number of carbonyl (C=O) groups is 1. The van der Waals surface area contributed by atoms with Crippen LogP contribution in [0.1, 0.15) is 23.7 Å². The Morgan fingerprint density at radius 1 is 1.47 bits per heavy atom. The van der Waals surface area contributed by atoms with Gasteiger partial charge in [-0.3, -0.25) is 4.79 Å². The standard InChI is InChI=1S/C14H17FN2O2/c1-8-4-9-6-16-7-13(9)17(8)14(19)11-3-2-10(18)5-12(11)15/h2-3,5,8-9,13,16,18H,4,6-7H2,1H3. The van der Waals surface area contributed by atoms with E-state index in [4.69, 9.17) is 0 Å². The SMILES string of the molecule is CC1CC2CNCC2N1C(=O)c1ccc(O)cc1F. The van der Waals surface area contributed by atoms with Gasteiger partial charge in [0.25, 0.3) is 5.91 Å².